The SMILES string of the molecule is O=C(O)C(CNC(=O)C(F)(F)F)c1cc(F)ccc1F. The first-order valence-corrected chi connectivity index (χ1v) is 5.15. The molecule has 1 rings (SSSR count). The molecule has 9 heteroatoms. The van der Waals surface area contributed by atoms with Crippen LogP contribution in [-0.2, 0) is 9.59 Å². The maximum atomic E-state index is 13.4. The molecule has 2 N–H and O–H groups in total. The second-order valence-electron chi connectivity index (χ2n) is 3.76. The largest absolute Gasteiger partial charge is 0.481 e. The highest BCUT2D eigenvalue weighted by Crippen LogP contribution is 2.21. The van der Waals surface area contributed by atoms with Crippen molar-refractivity contribution >= 4 is 11.9 Å². The molecular formula is C11H8F5NO3. The first-order chi connectivity index (χ1) is 9.12. The van der Waals surface area contributed by atoms with Gasteiger partial charge in [0.2, 0.25) is 0 Å². The summed E-state index contributed by atoms with van der Waals surface area (Å²) in [6, 6.07) is 1.92. The van der Waals surface area contributed by atoms with Crippen LogP contribution in [0.15, 0.2) is 18.2 Å². The fraction of sp³-hybridized carbons (Fsp3) is 0.273. The van der Waals surface area contributed by atoms with Crippen LogP contribution in [0.4, 0.5) is 22.0 Å². The van der Waals surface area contributed by atoms with Gasteiger partial charge in [-0.15, -0.1) is 0 Å². The Kier molecular flexibility index (Phi) is 4.64. The lowest BCUT2D eigenvalue weighted by atomic mass is 9.98. The summed E-state index contributed by atoms with van der Waals surface area (Å²) in [5, 5.41) is 10.2. The van der Waals surface area contributed by atoms with Crippen LogP contribution in [0.2, 0.25) is 0 Å². The summed E-state index contributed by atoms with van der Waals surface area (Å²) in [6.07, 6.45) is -5.19. The van der Waals surface area contributed by atoms with Crippen LogP contribution < -0.4 is 5.32 Å². The zero-order valence-corrected chi connectivity index (χ0v) is 9.67. The predicted molar refractivity (Wildman–Crippen MR) is 55.8 cm³/mol. The zero-order valence-electron chi connectivity index (χ0n) is 9.67. The minimum absolute atomic E-state index is 0.549. The summed E-state index contributed by atoms with van der Waals surface area (Å²) < 4.78 is 62.2. The van der Waals surface area contributed by atoms with Crippen molar-refractivity contribution in [1.82, 2.24) is 5.32 Å². The van der Waals surface area contributed by atoms with E-state index in [1.807, 2.05) is 0 Å². The molecule has 0 radical (unpaired) electrons. The van der Waals surface area contributed by atoms with Crippen molar-refractivity contribution in [3.8, 4) is 0 Å². The van der Waals surface area contributed by atoms with Gasteiger partial charge >= 0.3 is 18.1 Å². The third kappa shape index (κ3) is 3.90. The molecule has 4 nitrogen and oxygen atoms in total. The molecule has 0 spiro atoms. The molecule has 0 heterocycles. The van der Waals surface area contributed by atoms with E-state index in [-0.39, 0.29) is 0 Å². The smallest absolute Gasteiger partial charge is 0.471 e. The van der Waals surface area contributed by atoms with Gasteiger partial charge in [0, 0.05) is 12.1 Å². The molecule has 0 bridgehead atoms. The van der Waals surface area contributed by atoms with Gasteiger partial charge in [0.1, 0.15) is 17.6 Å². The Hall–Kier alpha value is -2.19. The Morgan fingerprint density at radius 1 is 1.25 bits per heavy atom. The van der Waals surface area contributed by atoms with Crippen LogP contribution >= 0.6 is 0 Å². The van der Waals surface area contributed by atoms with Gasteiger partial charge < -0.3 is 10.4 Å². The molecule has 0 aliphatic rings. The molecule has 20 heavy (non-hydrogen) atoms. The predicted octanol–water partition coefficient (Wildman–Crippen LogP) is 1.81. The van der Waals surface area contributed by atoms with Crippen LogP contribution in [0.3, 0.4) is 0 Å². The van der Waals surface area contributed by atoms with Crippen LogP contribution in [0.1, 0.15) is 11.5 Å². The van der Waals surface area contributed by atoms with Gasteiger partial charge in [0.15, 0.2) is 0 Å². The maximum Gasteiger partial charge on any atom is 0.471 e. The van der Waals surface area contributed by atoms with E-state index in [1.54, 1.807) is 0 Å². The molecule has 0 saturated heterocycles. The van der Waals surface area contributed by atoms with E-state index in [4.69, 9.17) is 5.11 Å². The van der Waals surface area contributed by atoms with Gasteiger partial charge in [-0.2, -0.15) is 13.2 Å². The minimum Gasteiger partial charge on any atom is -0.481 e. The number of halogens is 5. The number of carbonyl (C=O) groups excluding carboxylic acids is 1. The number of rotatable bonds is 4. The Bertz CT molecular complexity index is 529. The highest BCUT2D eigenvalue weighted by molar-refractivity contribution is 5.83. The van der Waals surface area contributed by atoms with E-state index >= 15 is 0 Å². The van der Waals surface area contributed by atoms with E-state index in [2.05, 4.69) is 0 Å². The van der Waals surface area contributed by atoms with E-state index < -0.39 is 47.7 Å². The summed E-state index contributed by atoms with van der Waals surface area (Å²) in [6.45, 7) is -1.02. The third-order valence-electron chi connectivity index (χ3n) is 2.36. The normalized spacial score (nSPS) is 12.8. The number of amides is 1. The van der Waals surface area contributed by atoms with Crippen molar-refractivity contribution in [2.75, 3.05) is 6.54 Å². The number of hydrogen-bond donors (Lipinski definition) is 2. The molecule has 0 aliphatic carbocycles. The summed E-state index contributed by atoms with van der Waals surface area (Å²) in [5.41, 5.74) is -0.653. The molecule has 0 fully saturated rings. The Labute approximate surface area is 109 Å². The Balaban J connectivity index is 2.94. The van der Waals surface area contributed by atoms with Gasteiger partial charge in [-0.05, 0) is 18.2 Å². The Morgan fingerprint density at radius 3 is 2.35 bits per heavy atom. The van der Waals surface area contributed by atoms with E-state index in [0.717, 1.165) is 6.07 Å². The third-order valence-corrected chi connectivity index (χ3v) is 2.36. The molecule has 1 aromatic carbocycles. The van der Waals surface area contributed by atoms with Gasteiger partial charge in [-0.25, -0.2) is 8.78 Å². The molecule has 110 valence electrons. The van der Waals surface area contributed by atoms with Crippen LogP contribution in [0.25, 0.3) is 0 Å². The van der Waals surface area contributed by atoms with Crippen molar-refractivity contribution in [3.05, 3.63) is 35.4 Å². The summed E-state index contributed by atoms with van der Waals surface area (Å²) in [4.78, 5) is 21.5. The maximum absolute atomic E-state index is 13.4. The van der Waals surface area contributed by atoms with Gasteiger partial charge in [-0.3, -0.25) is 9.59 Å². The van der Waals surface area contributed by atoms with Crippen molar-refractivity contribution in [1.29, 1.82) is 0 Å². The minimum atomic E-state index is -5.19. The quantitative estimate of drug-likeness (QED) is 0.833. The molecular weight excluding hydrogens is 289 g/mol. The molecule has 1 unspecified atom stereocenters. The lowest BCUT2D eigenvalue weighted by Gasteiger charge is -2.15. The second-order valence-corrected chi connectivity index (χ2v) is 3.76. The number of nitrogens with one attached hydrogen (secondary N) is 1. The summed E-state index contributed by atoms with van der Waals surface area (Å²) in [5.74, 6) is -7.94. The van der Waals surface area contributed by atoms with Gasteiger partial charge in [0.25, 0.3) is 0 Å². The molecule has 1 atom stereocenters. The van der Waals surface area contributed by atoms with Gasteiger partial charge in [0.05, 0.1) is 0 Å². The molecule has 0 aromatic heterocycles. The highest BCUT2D eigenvalue weighted by atomic mass is 19.4. The van der Waals surface area contributed by atoms with Gasteiger partial charge in [-0.1, -0.05) is 0 Å². The summed E-state index contributed by atoms with van der Waals surface area (Å²) in [7, 11) is 0. The molecule has 1 aromatic rings. The fourth-order valence-corrected chi connectivity index (χ4v) is 1.41. The first kappa shape index (κ1) is 15.9. The number of hydrogen-bond acceptors (Lipinski definition) is 2. The van der Waals surface area contributed by atoms with E-state index in [1.165, 1.54) is 5.32 Å². The van der Waals surface area contributed by atoms with Crippen molar-refractivity contribution in [3.63, 3.8) is 0 Å². The number of carboxylic acids is 1. The number of carbonyl (C=O) groups is 2. The number of benzene rings is 1. The van der Waals surface area contributed by atoms with Crippen molar-refractivity contribution < 1.29 is 36.6 Å². The van der Waals surface area contributed by atoms with Crippen molar-refractivity contribution in [2.24, 2.45) is 0 Å². The summed E-state index contributed by atoms with van der Waals surface area (Å²) >= 11 is 0. The lowest BCUT2D eigenvalue weighted by molar-refractivity contribution is -0.173. The number of alkyl halides is 3. The fourth-order valence-electron chi connectivity index (χ4n) is 1.41. The topological polar surface area (TPSA) is 66.4 Å². The second kappa shape index (κ2) is 5.85. The van der Waals surface area contributed by atoms with Crippen LogP contribution in [0, 0.1) is 11.6 Å². The standard InChI is InChI=1S/C11H8F5NO3/c12-5-1-2-8(13)6(3-5)7(9(18)19)4-17-10(20)11(14,15)16/h1-3,7H,4H2,(H,17,20)(H,18,19). The molecule has 0 saturated carbocycles. The van der Waals surface area contributed by atoms with Crippen molar-refractivity contribution in [2.45, 2.75) is 12.1 Å². The average molecular weight is 297 g/mol. The lowest BCUT2D eigenvalue weighted by Crippen LogP contribution is -2.40. The Morgan fingerprint density at radius 2 is 1.85 bits per heavy atom. The van der Waals surface area contributed by atoms with E-state index in [9.17, 15) is 31.5 Å². The molecule has 0 aliphatic heterocycles. The molecule has 1 amide bonds. The zero-order chi connectivity index (χ0) is 15.5. The highest BCUT2D eigenvalue weighted by Gasteiger charge is 2.39. The van der Waals surface area contributed by atoms with Crippen LogP contribution in [0.5, 0.6) is 0 Å². The average Bonchev–Trinajstić information content (AvgIpc) is 2.31. The van der Waals surface area contributed by atoms with Crippen LogP contribution in [-0.4, -0.2) is 29.7 Å². The number of carboxylic acid groups (broad SMARTS) is 1. The van der Waals surface area contributed by atoms with E-state index in [0.29, 0.717) is 12.1 Å². The monoisotopic (exact) mass is 297 g/mol. The first-order valence-electron chi connectivity index (χ1n) is 5.15. The number of aliphatic carboxylic acids is 1.